The maximum Gasteiger partial charge on any atom is 0.234 e. The van der Waals surface area contributed by atoms with Crippen molar-refractivity contribution >= 4 is 29.1 Å². The van der Waals surface area contributed by atoms with E-state index in [1.807, 2.05) is 6.07 Å². The van der Waals surface area contributed by atoms with E-state index in [2.05, 4.69) is 55.8 Å². The summed E-state index contributed by atoms with van der Waals surface area (Å²) in [4.78, 5) is 11.4. The predicted octanol–water partition coefficient (Wildman–Crippen LogP) is 4.27. The number of thiocarbonyl (C=S) groups is 1. The number of methoxy groups -OCH3 is 1. The third-order valence-corrected chi connectivity index (χ3v) is 6.58. The van der Waals surface area contributed by atoms with Crippen molar-refractivity contribution in [3.8, 4) is 5.88 Å². The first-order valence-corrected chi connectivity index (χ1v) is 11.4. The van der Waals surface area contributed by atoms with E-state index in [9.17, 15) is 0 Å². The quantitative estimate of drug-likeness (QED) is 0.670. The number of nitrogens with one attached hydrogen (secondary N) is 2. The standard InChI is InChI=1S/C23H31N5OS/c1-29-20-16-19(28-14-8-9-15-28)25-21(26-20)27-22(30)24-17-23(12-6-3-7-13-23)18-10-4-2-5-11-18/h2,4-5,10-11,16H,3,6-9,12-15,17H2,1H3,(H2,24,25,26,27,30). The Morgan fingerprint density at radius 2 is 1.80 bits per heavy atom. The van der Waals surface area contributed by atoms with E-state index in [4.69, 9.17) is 17.0 Å². The SMILES string of the molecule is COc1cc(N2CCCC2)nc(NC(=S)NCC2(c3ccccc3)CCCCC2)n1. The zero-order valence-corrected chi connectivity index (χ0v) is 18.5. The zero-order valence-electron chi connectivity index (χ0n) is 17.7. The van der Waals surface area contributed by atoms with E-state index in [0.717, 1.165) is 25.5 Å². The molecule has 160 valence electrons. The lowest BCUT2D eigenvalue weighted by atomic mass is 9.69. The molecule has 0 atom stereocenters. The molecule has 0 radical (unpaired) electrons. The van der Waals surface area contributed by atoms with E-state index in [0.29, 0.717) is 16.9 Å². The van der Waals surface area contributed by atoms with Crippen molar-refractivity contribution in [2.24, 2.45) is 0 Å². The molecule has 6 nitrogen and oxygen atoms in total. The number of hydrogen-bond donors (Lipinski definition) is 2. The lowest BCUT2D eigenvalue weighted by Gasteiger charge is -2.38. The summed E-state index contributed by atoms with van der Waals surface area (Å²) in [5.41, 5.74) is 1.52. The number of aromatic nitrogens is 2. The summed E-state index contributed by atoms with van der Waals surface area (Å²) in [5.74, 6) is 1.91. The van der Waals surface area contributed by atoms with Crippen LogP contribution in [0.25, 0.3) is 0 Å². The zero-order chi connectivity index (χ0) is 20.8. The van der Waals surface area contributed by atoms with E-state index < -0.39 is 0 Å². The van der Waals surface area contributed by atoms with E-state index >= 15 is 0 Å². The van der Waals surface area contributed by atoms with Crippen molar-refractivity contribution in [3.63, 3.8) is 0 Å². The summed E-state index contributed by atoms with van der Waals surface area (Å²) in [7, 11) is 1.63. The lowest BCUT2D eigenvalue weighted by molar-refractivity contribution is 0.292. The number of rotatable bonds is 6. The van der Waals surface area contributed by atoms with E-state index in [1.54, 1.807) is 7.11 Å². The smallest absolute Gasteiger partial charge is 0.234 e. The molecule has 1 aromatic heterocycles. The number of benzene rings is 1. The van der Waals surface area contributed by atoms with Gasteiger partial charge in [-0.2, -0.15) is 9.97 Å². The molecule has 2 heterocycles. The maximum atomic E-state index is 5.61. The molecule has 0 bridgehead atoms. The van der Waals surface area contributed by atoms with Crippen molar-refractivity contribution in [1.29, 1.82) is 0 Å². The average Bonchev–Trinajstić information content (AvgIpc) is 3.34. The highest BCUT2D eigenvalue weighted by atomic mass is 32.1. The molecule has 2 aromatic rings. The van der Waals surface area contributed by atoms with Gasteiger partial charge in [0.1, 0.15) is 5.82 Å². The van der Waals surface area contributed by atoms with Crippen LogP contribution in [0.4, 0.5) is 11.8 Å². The fourth-order valence-electron chi connectivity index (χ4n) is 4.66. The molecule has 1 saturated carbocycles. The minimum Gasteiger partial charge on any atom is -0.481 e. The Morgan fingerprint density at radius 3 is 2.50 bits per heavy atom. The van der Waals surface area contributed by atoms with Crippen molar-refractivity contribution < 1.29 is 4.74 Å². The second-order valence-corrected chi connectivity index (χ2v) is 8.71. The fourth-order valence-corrected chi connectivity index (χ4v) is 4.83. The molecule has 7 heteroatoms. The molecule has 1 aromatic carbocycles. The summed E-state index contributed by atoms with van der Waals surface area (Å²) < 4.78 is 5.38. The number of nitrogens with zero attached hydrogens (tertiary/aromatic N) is 3. The van der Waals surface area contributed by atoms with Crippen LogP contribution in [0.15, 0.2) is 36.4 Å². The first kappa shape index (κ1) is 20.8. The molecule has 2 fully saturated rings. The van der Waals surface area contributed by atoms with Crippen LogP contribution in [0, 0.1) is 0 Å². The van der Waals surface area contributed by atoms with Crippen LogP contribution in [-0.2, 0) is 5.41 Å². The van der Waals surface area contributed by atoms with Crippen LogP contribution in [-0.4, -0.2) is 41.8 Å². The van der Waals surface area contributed by atoms with Gasteiger partial charge in [0.25, 0.3) is 0 Å². The molecule has 30 heavy (non-hydrogen) atoms. The first-order valence-electron chi connectivity index (χ1n) is 11.0. The molecule has 4 rings (SSSR count). The van der Waals surface area contributed by atoms with Crippen LogP contribution in [0.2, 0.25) is 0 Å². The molecule has 1 aliphatic heterocycles. The molecular formula is C23H31N5OS. The largest absolute Gasteiger partial charge is 0.481 e. The highest BCUT2D eigenvalue weighted by molar-refractivity contribution is 7.80. The second kappa shape index (κ2) is 9.60. The second-order valence-electron chi connectivity index (χ2n) is 8.30. The van der Waals surface area contributed by atoms with Gasteiger partial charge in [0, 0.05) is 31.1 Å². The Kier molecular flexibility index (Phi) is 6.67. The minimum absolute atomic E-state index is 0.126. The molecule has 0 unspecified atom stereocenters. The van der Waals surface area contributed by atoms with Crippen molar-refractivity contribution in [3.05, 3.63) is 42.0 Å². The van der Waals surface area contributed by atoms with Crippen LogP contribution in [0.3, 0.4) is 0 Å². The third-order valence-electron chi connectivity index (χ3n) is 6.34. The van der Waals surface area contributed by atoms with Gasteiger partial charge in [0.05, 0.1) is 7.11 Å². The van der Waals surface area contributed by atoms with Gasteiger partial charge in [0.2, 0.25) is 11.8 Å². The number of anilines is 2. The molecule has 2 N–H and O–H groups in total. The van der Waals surface area contributed by atoms with Gasteiger partial charge in [-0.3, -0.25) is 0 Å². The van der Waals surface area contributed by atoms with Gasteiger partial charge >= 0.3 is 0 Å². The highest BCUT2D eigenvalue weighted by Gasteiger charge is 2.33. The third kappa shape index (κ3) is 4.83. The number of ether oxygens (including phenoxy) is 1. The van der Waals surface area contributed by atoms with Crippen LogP contribution >= 0.6 is 12.2 Å². The summed E-state index contributed by atoms with van der Waals surface area (Å²) in [6.07, 6.45) is 8.58. The van der Waals surface area contributed by atoms with Gasteiger partial charge in [-0.1, -0.05) is 49.6 Å². The Hall–Kier alpha value is -2.41. The monoisotopic (exact) mass is 425 g/mol. The molecule has 2 aliphatic rings. The van der Waals surface area contributed by atoms with Crippen LogP contribution in [0.5, 0.6) is 5.88 Å². The summed E-state index contributed by atoms with van der Waals surface area (Å²) in [5, 5.41) is 7.19. The summed E-state index contributed by atoms with van der Waals surface area (Å²) >= 11 is 5.61. The van der Waals surface area contributed by atoms with E-state index in [-0.39, 0.29) is 5.41 Å². The van der Waals surface area contributed by atoms with Gasteiger partial charge in [-0.15, -0.1) is 0 Å². The topological polar surface area (TPSA) is 62.3 Å². The molecule has 1 saturated heterocycles. The maximum absolute atomic E-state index is 5.61. The highest BCUT2D eigenvalue weighted by Crippen LogP contribution is 2.39. The molecular weight excluding hydrogens is 394 g/mol. The molecule has 0 amide bonds. The van der Waals surface area contributed by atoms with Crippen LogP contribution < -0.4 is 20.3 Å². The van der Waals surface area contributed by atoms with E-state index in [1.165, 1.54) is 50.5 Å². The van der Waals surface area contributed by atoms with Crippen molar-refractivity contribution in [1.82, 2.24) is 15.3 Å². The van der Waals surface area contributed by atoms with Gasteiger partial charge in [0.15, 0.2) is 5.11 Å². The fraction of sp³-hybridized carbons (Fsp3) is 0.522. The summed E-state index contributed by atoms with van der Waals surface area (Å²) in [6, 6.07) is 12.7. The van der Waals surface area contributed by atoms with Crippen molar-refractivity contribution in [2.75, 3.05) is 37.0 Å². The normalized spacial score (nSPS) is 18.1. The first-order chi connectivity index (χ1) is 14.7. The van der Waals surface area contributed by atoms with Crippen molar-refractivity contribution in [2.45, 2.75) is 50.4 Å². The minimum atomic E-state index is 0.126. The Bertz CT molecular complexity index is 848. The summed E-state index contributed by atoms with van der Waals surface area (Å²) in [6.45, 7) is 2.84. The molecule has 1 aliphatic carbocycles. The van der Waals surface area contributed by atoms with Gasteiger partial charge in [-0.25, -0.2) is 0 Å². The lowest BCUT2D eigenvalue weighted by Crippen LogP contribution is -2.43. The Morgan fingerprint density at radius 1 is 1.07 bits per heavy atom. The molecule has 0 spiro atoms. The average molecular weight is 426 g/mol. The number of hydrogen-bond acceptors (Lipinski definition) is 5. The predicted molar refractivity (Wildman–Crippen MR) is 125 cm³/mol. The van der Waals surface area contributed by atoms with Crippen LogP contribution in [0.1, 0.15) is 50.5 Å². The van der Waals surface area contributed by atoms with Gasteiger partial charge in [-0.05, 0) is 43.5 Å². The van der Waals surface area contributed by atoms with Gasteiger partial charge < -0.3 is 20.3 Å². The Labute approximate surface area is 184 Å². The Balaban J connectivity index is 1.44.